The molecule has 1 aromatic carbocycles. The highest BCUT2D eigenvalue weighted by atomic mass is 32.2. The number of carbonyl (C=O) groups excluding carboxylic acids is 1. The van der Waals surface area contributed by atoms with Gasteiger partial charge in [-0.25, -0.2) is 4.79 Å². The largest absolute Gasteiger partial charge is 0.452 e. The van der Waals surface area contributed by atoms with Crippen LogP contribution in [0.25, 0.3) is 0 Å². The second-order valence-electron chi connectivity index (χ2n) is 17.4. The van der Waals surface area contributed by atoms with Gasteiger partial charge in [0.15, 0.2) is 0 Å². The summed E-state index contributed by atoms with van der Waals surface area (Å²) in [6.07, 6.45) is 18.6. The van der Waals surface area contributed by atoms with Crippen LogP contribution in [0.2, 0.25) is 0 Å². The summed E-state index contributed by atoms with van der Waals surface area (Å²) in [5, 5.41) is 10.8. The number of thioether (sulfide) groups is 1. The second-order valence-corrected chi connectivity index (χ2v) is 18.5. The third kappa shape index (κ3) is 9.12. The lowest BCUT2D eigenvalue weighted by molar-refractivity contribution is -0.0696. The predicted molar refractivity (Wildman–Crippen MR) is 206 cm³/mol. The molecule has 0 aliphatic heterocycles. The van der Waals surface area contributed by atoms with Gasteiger partial charge in [0.25, 0.3) is 0 Å². The van der Waals surface area contributed by atoms with Crippen LogP contribution in [0, 0.1) is 53.3 Å². The molecule has 9 unspecified atom stereocenters. The molecule has 49 heavy (non-hydrogen) atoms. The van der Waals surface area contributed by atoms with Gasteiger partial charge in [0.1, 0.15) is 0 Å². The van der Waals surface area contributed by atoms with E-state index in [1.54, 1.807) is 22.2 Å². The lowest BCUT2D eigenvalue weighted by Gasteiger charge is -2.58. The molecule has 276 valence electrons. The van der Waals surface area contributed by atoms with Crippen molar-refractivity contribution in [3.8, 4) is 0 Å². The lowest BCUT2D eigenvalue weighted by atomic mass is 9.47. The number of unbranched alkanes of at least 4 members (excludes halogenated alkanes) is 1. The third-order valence-electron chi connectivity index (χ3n) is 13.8. The van der Waals surface area contributed by atoms with Crippen LogP contribution in [0.1, 0.15) is 124 Å². The number of anilines is 1. The van der Waals surface area contributed by atoms with Gasteiger partial charge in [0.05, 0.1) is 25.9 Å². The second kappa shape index (κ2) is 17.3. The summed E-state index contributed by atoms with van der Waals surface area (Å²) < 4.78 is 11.4. The summed E-state index contributed by atoms with van der Waals surface area (Å²) in [5.41, 5.74) is 4.58. The molecule has 0 bridgehead atoms. The number of methoxy groups -OCH3 is 1. The predicted octanol–water partition coefficient (Wildman–Crippen LogP) is 10.9. The first-order valence-electron chi connectivity index (χ1n) is 19.9. The van der Waals surface area contributed by atoms with Gasteiger partial charge in [-0.1, -0.05) is 83.2 Å². The van der Waals surface area contributed by atoms with Crippen LogP contribution in [-0.2, 0) is 9.47 Å². The number of fused-ring (bicyclic) bond motifs is 5. The minimum absolute atomic E-state index is 0.234. The number of ether oxygens (including phenoxy) is 2. The van der Waals surface area contributed by atoms with Gasteiger partial charge < -0.3 is 14.6 Å². The standard InChI is InChI=1S/C43H69NO4S/c1-30(2)11-10-12-32(4)38-19-20-39-37-18-15-33-27-36(21-23-42(33,5)40(37)22-24-43(38,39)6)48-28-35(45)29-49-26-9-8-25-44(41(46)47-7)34-16-13-31(3)14-17-34/h13-17,30,32,35-40,45H,8-12,18-29H2,1-7H3. The van der Waals surface area contributed by atoms with Crippen molar-refractivity contribution in [3.05, 3.63) is 41.5 Å². The number of benzene rings is 1. The average molecular weight is 696 g/mol. The van der Waals surface area contributed by atoms with Crippen LogP contribution in [0.5, 0.6) is 0 Å². The summed E-state index contributed by atoms with van der Waals surface area (Å²) in [6.45, 7) is 15.7. The molecule has 3 fully saturated rings. The fourth-order valence-corrected chi connectivity index (χ4v) is 11.9. The molecule has 1 N–H and O–H groups in total. The first kappa shape index (κ1) is 38.7. The first-order chi connectivity index (χ1) is 23.5. The van der Waals surface area contributed by atoms with E-state index in [1.165, 1.54) is 70.5 Å². The van der Waals surface area contributed by atoms with Crippen molar-refractivity contribution < 1.29 is 19.4 Å². The van der Waals surface area contributed by atoms with Crippen LogP contribution >= 0.6 is 11.8 Å². The van der Waals surface area contributed by atoms with Crippen molar-refractivity contribution in [2.24, 2.45) is 46.3 Å². The monoisotopic (exact) mass is 695 g/mol. The maximum Gasteiger partial charge on any atom is 0.413 e. The number of hydrogen-bond donors (Lipinski definition) is 1. The van der Waals surface area contributed by atoms with E-state index >= 15 is 0 Å². The van der Waals surface area contributed by atoms with E-state index in [4.69, 9.17) is 9.47 Å². The molecule has 5 nitrogen and oxygen atoms in total. The van der Waals surface area contributed by atoms with Gasteiger partial charge >= 0.3 is 6.09 Å². The summed E-state index contributed by atoms with van der Waals surface area (Å²) in [6, 6.07) is 7.98. The smallest absolute Gasteiger partial charge is 0.413 e. The van der Waals surface area contributed by atoms with Gasteiger partial charge in [0.2, 0.25) is 0 Å². The molecule has 1 amide bonds. The van der Waals surface area contributed by atoms with Crippen molar-refractivity contribution >= 4 is 23.5 Å². The number of rotatable bonds is 16. The van der Waals surface area contributed by atoms with Crippen LogP contribution < -0.4 is 4.90 Å². The fourth-order valence-electron chi connectivity index (χ4n) is 10.9. The minimum Gasteiger partial charge on any atom is -0.452 e. The molecule has 0 saturated heterocycles. The van der Waals surface area contributed by atoms with Crippen LogP contribution in [0.3, 0.4) is 0 Å². The van der Waals surface area contributed by atoms with E-state index in [-0.39, 0.29) is 12.2 Å². The fraction of sp³-hybridized carbons (Fsp3) is 0.791. The molecule has 1 aromatic rings. The number of nitrogens with zero attached hydrogens (tertiary/aromatic N) is 1. The quantitative estimate of drug-likeness (QED) is 0.138. The number of amides is 1. The Morgan fingerprint density at radius 1 is 1.00 bits per heavy atom. The number of aliphatic hydroxyl groups excluding tert-OH is 1. The lowest BCUT2D eigenvalue weighted by Crippen LogP contribution is -2.51. The van der Waals surface area contributed by atoms with Crippen LogP contribution in [-0.4, -0.2) is 55.2 Å². The van der Waals surface area contributed by atoms with E-state index < -0.39 is 6.10 Å². The molecule has 6 heteroatoms. The number of allylic oxidation sites excluding steroid dienone is 1. The maximum absolute atomic E-state index is 12.3. The molecule has 0 aromatic heterocycles. The Morgan fingerprint density at radius 2 is 1.78 bits per heavy atom. The van der Waals surface area contributed by atoms with Crippen LogP contribution in [0.15, 0.2) is 35.9 Å². The van der Waals surface area contributed by atoms with Crippen molar-refractivity contribution in [3.63, 3.8) is 0 Å². The highest BCUT2D eigenvalue weighted by molar-refractivity contribution is 7.99. The number of aliphatic hydroxyl groups is 1. The highest BCUT2D eigenvalue weighted by Crippen LogP contribution is 2.67. The van der Waals surface area contributed by atoms with Crippen LogP contribution in [0.4, 0.5) is 10.5 Å². The molecular weight excluding hydrogens is 627 g/mol. The van der Waals surface area contributed by atoms with Crippen molar-refractivity contribution in [1.29, 1.82) is 0 Å². The van der Waals surface area contributed by atoms with Crippen molar-refractivity contribution in [1.82, 2.24) is 0 Å². The Hall–Kier alpha value is -1.50. The normalized spacial score (nSPS) is 32.1. The first-order valence-corrected chi connectivity index (χ1v) is 21.1. The molecule has 4 aliphatic carbocycles. The topological polar surface area (TPSA) is 59.0 Å². The molecule has 5 rings (SSSR count). The van der Waals surface area contributed by atoms with Gasteiger partial charge in [-0.2, -0.15) is 11.8 Å². The van der Waals surface area contributed by atoms with Gasteiger partial charge in [-0.05, 0) is 135 Å². The zero-order valence-corrected chi connectivity index (χ0v) is 32.9. The molecule has 3 saturated carbocycles. The molecule has 0 radical (unpaired) electrons. The summed E-state index contributed by atoms with van der Waals surface area (Å²) >= 11 is 1.78. The molecule has 0 spiro atoms. The number of carbonyl (C=O) groups is 1. The summed E-state index contributed by atoms with van der Waals surface area (Å²) in [5.74, 6) is 6.85. The summed E-state index contributed by atoms with van der Waals surface area (Å²) in [4.78, 5) is 14.0. The minimum atomic E-state index is -0.443. The highest BCUT2D eigenvalue weighted by Gasteiger charge is 2.59. The zero-order valence-electron chi connectivity index (χ0n) is 32.1. The van der Waals surface area contributed by atoms with Crippen molar-refractivity contribution in [2.75, 3.05) is 36.7 Å². The molecule has 0 heterocycles. The Kier molecular flexibility index (Phi) is 13.7. The molecule has 9 atom stereocenters. The SMILES string of the molecule is COC(=O)N(CCCCSCC(O)COC1CCC2(C)C(=CCC3C2CCC2(C)C(C(C)CCCC(C)C)CCC32)C1)c1ccc(C)cc1. The van der Waals surface area contributed by atoms with E-state index in [9.17, 15) is 9.90 Å². The third-order valence-corrected chi connectivity index (χ3v) is 15.0. The number of hydrogen-bond acceptors (Lipinski definition) is 5. The molecular formula is C43H69NO4S. The Balaban J connectivity index is 1.03. The Bertz CT molecular complexity index is 1230. The average Bonchev–Trinajstić information content (AvgIpc) is 3.44. The van der Waals surface area contributed by atoms with Crippen molar-refractivity contribution in [2.45, 2.75) is 137 Å². The van der Waals surface area contributed by atoms with Gasteiger partial charge in [-0.3, -0.25) is 4.90 Å². The Morgan fingerprint density at radius 3 is 2.51 bits per heavy atom. The van der Waals surface area contributed by atoms with E-state index in [2.05, 4.69) is 40.7 Å². The summed E-state index contributed by atoms with van der Waals surface area (Å²) in [7, 11) is 1.43. The number of aryl methyl sites for hydroxylation is 1. The Labute approximate surface area is 303 Å². The molecule has 4 aliphatic rings. The van der Waals surface area contributed by atoms with E-state index in [0.29, 0.717) is 29.7 Å². The maximum atomic E-state index is 12.3. The zero-order chi connectivity index (χ0) is 35.2. The van der Waals surface area contributed by atoms with Gasteiger partial charge in [0, 0.05) is 18.0 Å². The van der Waals surface area contributed by atoms with Gasteiger partial charge in [-0.15, -0.1) is 0 Å². The van der Waals surface area contributed by atoms with E-state index in [1.807, 2.05) is 31.2 Å². The van der Waals surface area contributed by atoms with E-state index in [0.717, 1.165) is 72.6 Å².